The summed E-state index contributed by atoms with van der Waals surface area (Å²) in [4.78, 5) is 17.3. The first-order valence-corrected chi connectivity index (χ1v) is 15.5. The first kappa shape index (κ1) is 29.2. The highest BCUT2D eigenvalue weighted by molar-refractivity contribution is 7.99. The molecule has 0 spiro atoms. The maximum absolute atomic E-state index is 13.0. The van der Waals surface area contributed by atoms with Crippen LogP contribution in [0.15, 0.2) is 59.8 Å². The standard InChI is InChI=1S/C28H39N3O4S2/c1-5-6-21-37(33,34)30(19-17-23-13-8-7-9-14-23)18-12-20-36-27-29-24-15-10-11-16-25(24)31(27)22-26(32)35-28(2,3)4/h7-11,13-16H,5-6,12,17-22H2,1-4H3. The Labute approximate surface area is 225 Å². The molecule has 0 bridgehead atoms. The van der Waals surface area contributed by atoms with Crippen molar-refractivity contribution >= 4 is 38.8 Å². The highest BCUT2D eigenvalue weighted by Crippen LogP contribution is 2.25. The van der Waals surface area contributed by atoms with Crippen LogP contribution < -0.4 is 0 Å². The molecule has 0 aliphatic heterocycles. The third kappa shape index (κ3) is 9.16. The lowest BCUT2D eigenvalue weighted by atomic mass is 10.1. The fourth-order valence-electron chi connectivity index (χ4n) is 3.97. The Morgan fingerprint density at radius 1 is 1.03 bits per heavy atom. The summed E-state index contributed by atoms with van der Waals surface area (Å²) in [6.07, 6.45) is 2.87. The number of aromatic nitrogens is 2. The predicted octanol–water partition coefficient (Wildman–Crippen LogP) is 5.53. The highest BCUT2D eigenvalue weighted by Gasteiger charge is 2.22. The van der Waals surface area contributed by atoms with Gasteiger partial charge in [-0.2, -0.15) is 0 Å². The molecule has 1 aromatic heterocycles. The third-order valence-corrected chi connectivity index (χ3v) is 8.77. The molecule has 1 heterocycles. The van der Waals surface area contributed by atoms with Gasteiger partial charge in [0.2, 0.25) is 10.0 Å². The number of hydrogen-bond donors (Lipinski definition) is 0. The second kappa shape index (κ2) is 13.4. The van der Waals surface area contributed by atoms with Crippen molar-refractivity contribution < 1.29 is 17.9 Å². The van der Waals surface area contributed by atoms with Crippen molar-refractivity contribution in [1.29, 1.82) is 0 Å². The zero-order chi connectivity index (χ0) is 26.9. The van der Waals surface area contributed by atoms with E-state index in [0.717, 1.165) is 28.2 Å². The predicted molar refractivity (Wildman–Crippen MR) is 151 cm³/mol. The first-order chi connectivity index (χ1) is 17.6. The quantitative estimate of drug-likeness (QED) is 0.150. The van der Waals surface area contributed by atoms with E-state index in [9.17, 15) is 13.2 Å². The molecule has 0 aliphatic carbocycles. The smallest absolute Gasteiger partial charge is 0.326 e. The second-order valence-electron chi connectivity index (χ2n) is 10.1. The third-order valence-electron chi connectivity index (χ3n) is 5.75. The van der Waals surface area contributed by atoms with E-state index < -0.39 is 15.6 Å². The van der Waals surface area contributed by atoms with Gasteiger partial charge in [-0.1, -0.05) is 67.6 Å². The van der Waals surface area contributed by atoms with Crippen molar-refractivity contribution in [3.8, 4) is 0 Å². The van der Waals surface area contributed by atoms with Crippen LogP contribution in [0.25, 0.3) is 11.0 Å². The zero-order valence-corrected chi connectivity index (χ0v) is 24.0. The van der Waals surface area contributed by atoms with Gasteiger partial charge < -0.3 is 9.30 Å². The Balaban J connectivity index is 1.66. The van der Waals surface area contributed by atoms with Gasteiger partial charge in [0.1, 0.15) is 12.1 Å². The number of hydrogen-bond acceptors (Lipinski definition) is 6. The molecule has 0 aliphatic rings. The molecule has 0 N–H and O–H groups in total. The van der Waals surface area contributed by atoms with Crippen LogP contribution >= 0.6 is 11.8 Å². The van der Waals surface area contributed by atoms with E-state index in [1.165, 1.54) is 0 Å². The van der Waals surface area contributed by atoms with Gasteiger partial charge in [0.25, 0.3) is 0 Å². The van der Waals surface area contributed by atoms with Gasteiger partial charge >= 0.3 is 5.97 Å². The fraction of sp³-hybridized carbons (Fsp3) is 0.500. The molecule has 0 atom stereocenters. The first-order valence-electron chi connectivity index (χ1n) is 12.9. The van der Waals surface area contributed by atoms with Gasteiger partial charge in [-0.05, 0) is 57.7 Å². The van der Waals surface area contributed by atoms with E-state index >= 15 is 0 Å². The van der Waals surface area contributed by atoms with Gasteiger partial charge in [0.15, 0.2) is 5.16 Å². The summed E-state index contributed by atoms with van der Waals surface area (Å²) < 4.78 is 35.1. The van der Waals surface area contributed by atoms with Gasteiger partial charge in [-0.3, -0.25) is 4.79 Å². The van der Waals surface area contributed by atoms with Crippen LogP contribution in [-0.4, -0.2) is 58.4 Å². The van der Waals surface area contributed by atoms with Crippen molar-refractivity contribution in [3.05, 3.63) is 60.2 Å². The fourth-order valence-corrected chi connectivity index (χ4v) is 6.59. The molecule has 0 saturated heterocycles. The maximum atomic E-state index is 13.0. The number of imidazole rings is 1. The Morgan fingerprint density at radius 2 is 1.73 bits per heavy atom. The summed E-state index contributed by atoms with van der Waals surface area (Å²) >= 11 is 1.54. The van der Waals surface area contributed by atoms with Crippen LogP contribution in [0.2, 0.25) is 0 Å². The summed E-state index contributed by atoms with van der Waals surface area (Å²) in [5.41, 5.74) is 2.26. The molecular formula is C28H39N3O4S2. The number of carbonyl (C=O) groups excluding carboxylic acids is 1. The van der Waals surface area contributed by atoms with Crippen molar-refractivity contribution in [2.75, 3.05) is 24.6 Å². The molecule has 37 heavy (non-hydrogen) atoms. The molecule has 2 aromatic carbocycles. The van der Waals surface area contributed by atoms with E-state index in [-0.39, 0.29) is 18.3 Å². The van der Waals surface area contributed by atoms with Gasteiger partial charge in [0.05, 0.1) is 16.8 Å². The lowest BCUT2D eigenvalue weighted by molar-refractivity contribution is -0.155. The largest absolute Gasteiger partial charge is 0.459 e. The number of rotatable bonds is 14. The van der Waals surface area contributed by atoms with Crippen molar-refractivity contribution in [2.45, 2.75) is 70.7 Å². The van der Waals surface area contributed by atoms with Gasteiger partial charge in [0, 0.05) is 18.8 Å². The normalized spacial score (nSPS) is 12.4. The second-order valence-corrected chi connectivity index (χ2v) is 13.2. The van der Waals surface area contributed by atoms with Crippen molar-refractivity contribution in [2.24, 2.45) is 0 Å². The number of thioether (sulfide) groups is 1. The average molecular weight is 546 g/mol. The molecule has 0 amide bonds. The number of esters is 1. The van der Waals surface area contributed by atoms with Crippen molar-refractivity contribution in [3.63, 3.8) is 0 Å². The van der Waals surface area contributed by atoms with Gasteiger partial charge in [-0.25, -0.2) is 17.7 Å². The molecule has 0 radical (unpaired) electrons. The molecule has 9 heteroatoms. The molecule has 7 nitrogen and oxygen atoms in total. The number of carbonyl (C=O) groups is 1. The minimum Gasteiger partial charge on any atom is -0.459 e. The SMILES string of the molecule is CCCCS(=O)(=O)N(CCCSc1nc2ccccc2n1CC(=O)OC(C)(C)C)CCc1ccccc1. The van der Waals surface area contributed by atoms with E-state index in [4.69, 9.17) is 9.72 Å². The minimum absolute atomic E-state index is 0.0781. The van der Waals surface area contributed by atoms with Crippen LogP contribution in [0.1, 0.15) is 52.5 Å². The molecule has 0 saturated carbocycles. The lowest BCUT2D eigenvalue weighted by Gasteiger charge is -2.22. The monoisotopic (exact) mass is 545 g/mol. The van der Waals surface area contributed by atoms with Gasteiger partial charge in [-0.15, -0.1) is 0 Å². The summed E-state index contributed by atoms with van der Waals surface area (Å²) in [6.45, 7) is 8.56. The Morgan fingerprint density at radius 3 is 2.43 bits per heavy atom. The number of para-hydroxylation sites is 2. The summed E-state index contributed by atoms with van der Waals surface area (Å²) in [7, 11) is -3.32. The molecule has 0 fully saturated rings. The maximum Gasteiger partial charge on any atom is 0.326 e. The minimum atomic E-state index is -3.32. The lowest BCUT2D eigenvalue weighted by Crippen LogP contribution is -2.36. The Bertz CT molecular complexity index is 1250. The van der Waals surface area contributed by atoms with Crippen LogP contribution in [-0.2, 0) is 32.5 Å². The Kier molecular flexibility index (Phi) is 10.6. The van der Waals surface area contributed by atoms with Crippen LogP contribution in [0, 0.1) is 0 Å². The summed E-state index contributed by atoms with van der Waals surface area (Å²) in [5.74, 6) is 0.548. The molecule has 0 unspecified atom stereocenters. The van der Waals surface area contributed by atoms with Crippen molar-refractivity contribution in [1.82, 2.24) is 13.9 Å². The zero-order valence-electron chi connectivity index (χ0n) is 22.4. The van der Waals surface area contributed by atoms with E-state index in [1.54, 1.807) is 16.1 Å². The Hall–Kier alpha value is -2.36. The van der Waals surface area contributed by atoms with Crippen LogP contribution in [0.4, 0.5) is 0 Å². The average Bonchev–Trinajstić information content (AvgIpc) is 3.18. The number of ether oxygens (including phenoxy) is 1. The van der Waals surface area contributed by atoms with E-state index in [2.05, 4.69) is 0 Å². The number of nitrogens with zero attached hydrogens (tertiary/aromatic N) is 3. The van der Waals surface area contributed by atoms with Crippen LogP contribution in [0.5, 0.6) is 0 Å². The van der Waals surface area contributed by atoms with E-state index in [1.807, 2.05) is 86.9 Å². The molecule has 202 valence electrons. The number of benzene rings is 2. The number of sulfonamides is 1. The van der Waals surface area contributed by atoms with Crippen LogP contribution in [0.3, 0.4) is 0 Å². The summed E-state index contributed by atoms with van der Waals surface area (Å²) in [5, 5.41) is 0.733. The topological polar surface area (TPSA) is 81.5 Å². The molecular weight excluding hydrogens is 506 g/mol. The molecule has 3 rings (SSSR count). The van der Waals surface area contributed by atoms with E-state index in [0.29, 0.717) is 38.1 Å². The number of fused-ring (bicyclic) bond motifs is 1. The number of unbranched alkanes of at least 4 members (excludes halogenated alkanes) is 1. The molecule has 3 aromatic rings. The highest BCUT2D eigenvalue weighted by atomic mass is 32.2. The summed E-state index contributed by atoms with van der Waals surface area (Å²) in [6, 6.07) is 17.7.